The lowest BCUT2D eigenvalue weighted by Crippen LogP contribution is -2.25. The number of pyridine rings is 1. The van der Waals surface area contributed by atoms with Gasteiger partial charge in [0.25, 0.3) is 0 Å². The Hall–Kier alpha value is -2.01. The standard InChI is InChI=1S/C17H18F2N2O/c1-10-9-22-7-5-12(10)17-16(20)13(4-6-21-17)14-8-11(18)2-3-15(14)19/h2-4,6,8,10,12H,5,7,9,20H2,1H3. The van der Waals surface area contributed by atoms with E-state index < -0.39 is 11.6 Å². The van der Waals surface area contributed by atoms with E-state index in [4.69, 9.17) is 10.5 Å². The third kappa shape index (κ3) is 2.68. The molecule has 2 aromatic rings. The molecular formula is C17H18F2N2O. The Morgan fingerprint density at radius 2 is 2.05 bits per heavy atom. The number of anilines is 1. The molecule has 1 aliphatic heterocycles. The summed E-state index contributed by atoms with van der Waals surface area (Å²) in [5.74, 6) is -0.527. The molecule has 2 N–H and O–H groups in total. The first-order chi connectivity index (χ1) is 10.6. The second kappa shape index (κ2) is 6.01. The predicted octanol–water partition coefficient (Wildman–Crippen LogP) is 3.75. The van der Waals surface area contributed by atoms with Crippen LogP contribution in [0.3, 0.4) is 0 Å². The van der Waals surface area contributed by atoms with Crippen LogP contribution in [0.4, 0.5) is 14.5 Å². The van der Waals surface area contributed by atoms with Crippen LogP contribution in [0.25, 0.3) is 11.1 Å². The molecule has 1 aromatic heterocycles. The monoisotopic (exact) mass is 304 g/mol. The Morgan fingerprint density at radius 1 is 1.23 bits per heavy atom. The van der Waals surface area contributed by atoms with Gasteiger partial charge in [-0.25, -0.2) is 8.78 Å². The predicted molar refractivity (Wildman–Crippen MR) is 81.3 cm³/mol. The van der Waals surface area contributed by atoms with E-state index in [9.17, 15) is 8.78 Å². The molecule has 0 aliphatic carbocycles. The van der Waals surface area contributed by atoms with Gasteiger partial charge in [-0.2, -0.15) is 0 Å². The van der Waals surface area contributed by atoms with Crippen molar-refractivity contribution in [3.63, 3.8) is 0 Å². The van der Waals surface area contributed by atoms with Crippen molar-refractivity contribution in [1.29, 1.82) is 0 Å². The summed E-state index contributed by atoms with van der Waals surface area (Å²) in [6.07, 6.45) is 2.43. The van der Waals surface area contributed by atoms with Crippen molar-refractivity contribution in [3.05, 3.63) is 47.8 Å². The first-order valence-corrected chi connectivity index (χ1v) is 7.35. The van der Waals surface area contributed by atoms with Crippen LogP contribution in [0.15, 0.2) is 30.5 Å². The highest BCUT2D eigenvalue weighted by atomic mass is 19.1. The number of nitrogens with zero attached hydrogens (tertiary/aromatic N) is 1. The van der Waals surface area contributed by atoms with Crippen LogP contribution >= 0.6 is 0 Å². The van der Waals surface area contributed by atoms with Gasteiger partial charge in [-0.3, -0.25) is 4.98 Å². The zero-order valence-electron chi connectivity index (χ0n) is 12.4. The summed E-state index contributed by atoms with van der Waals surface area (Å²) in [5.41, 5.74) is 8.06. The SMILES string of the molecule is CC1COCCC1c1nccc(-c2cc(F)ccc2F)c1N. The molecule has 5 heteroatoms. The number of halogens is 2. The molecule has 116 valence electrons. The lowest BCUT2D eigenvalue weighted by Gasteiger charge is -2.29. The normalized spacial score (nSPS) is 21.8. The van der Waals surface area contributed by atoms with E-state index >= 15 is 0 Å². The van der Waals surface area contributed by atoms with Crippen molar-refractivity contribution in [1.82, 2.24) is 4.98 Å². The number of nitrogen functional groups attached to an aromatic ring is 1. The zero-order valence-corrected chi connectivity index (χ0v) is 12.4. The largest absolute Gasteiger partial charge is 0.397 e. The highest BCUT2D eigenvalue weighted by molar-refractivity contribution is 5.78. The average Bonchev–Trinajstić information content (AvgIpc) is 2.51. The quantitative estimate of drug-likeness (QED) is 0.919. The molecule has 0 radical (unpaired) electrons. The van der Waals surface area contributed by atoms with E-state index in [-0.39, 0.29) is 17.4 Å². The maximum Gasteiger partial charge on any atom is 0.131 e. The maximum atomic E-state index is 14.0. The second-order valence-corrected chi connectivity index (χ2v) is 5.73. The Morgan fingerprint density at radius 3 is 2.82 bits per heavy atom. The van der Waals surface area contributed by atoms with Crippen molar-refractivity contribution >= 4 is 5.69 Å². The molecule has 22 heavy (non-hydrogen) atoms. The van der Waals surface area contributed by atoms with E-state index in [2.05, 4.69) is 11.9 Å². The highest BCUT2D eigenvalue weighted by Crippen LogP contribution is 2.38. The molecule has 2 unspecified atom stereocenters. The molecule has 1 aromatic carbocycles. The van der Waals surface area contributed by atoms with Gasteiger partial charge < -0.3 is 10.5 Å². The summed E-state index contributed by atoms with van der Waals surface area (Å²) >= 11 is 0. The molecular weight excluding hydrogens is 286 g/mol. The Kier molecular flexibility index (Phi) is 4.07. The fourth-order valence-corrected chi connectivity index (χ4v) is 3.01. The maximum absolute atomic E-state index is 14.0. The minimum Gasteiger partial charge on any atom is -0.397 e. The van der Waals surface area contributed by atoms with Gasteiger partial charge in [-0.15, -0.1) is 0 Å². The molecule has 1 fully saturated rings. The fraction of sp³-hybridized carbons (Fsp3) is 0.353. The van der Waals surface area contributed by atoms with Crippen molar-refractivity contribution in [2.45, 2.75) is 19.3 Å². The molecule has 1 saturated heterocycles. The number of nitrogens with two attached hydrogens (primary N) is 1. The molecule has 2 atom stereocenters. The van der Waals surface area contributed by atoms with Gasteiger partial charge in [-0.05, 0) is 36.6 Å². The molecule has 1 aliphatic rings. The Balaban J connectivity index is 2.07. The summed E-state index contributed by atoms with van der Waals surface area (Å²) in [4.78, 5) is 4.39. The molecule has 0 saturated carbocycles. The van der Waals surface area contributed by atoms with Crippen LogP contribution in [0.1, 0.15) is 25.0 Å². The number of benzene rings is 1. The Bertz CT molecular complexity index is 690. The van der Waals surface area contributed by atoms with Gasteiger partial charge in [0.05, 0.1) is 11.4 Å². The highest BCUT2D eigenvalue weighted by Gasteiger charge is 2.27. The molecule has 0 spiro atoms. The third-order valence-corrected chi connectivity index (χ3v) is 4.23. The molecule has 0 amide bonds. The second-order valence-electron chi connectivity index (χ2n) is 5.73. The molecule has 2 heterocycles. The van der Waals surface area contributed by atoms with Crippen LogP contribution in [-0.2, 0) is 4.74 Å². The molecule has 0 bridgehead atoms. The van der Waals surface area contributed by atoms with Gasteiger partial charge in [0.1, 0.15) is 11.6 Å². The lowest BCUT2D eigenvalue weighted by atomic mass is 9.85. The van der Waals surface area contributed by atoms with Gasteiger partial charge in [0.2, 0.25) is 0 Å². The smallest absolute Gasteiger partial charge is 0.131 e. The third-order valence-electron chi connectivity index (χ3n) is 4.23. The Labute approximate surface area is 128 Å². The number of hydrogen-bond donors (Lipinski definition) is 1. The molecule has 3 rings (SSSR count). The summed E-state index contributed by atoms with van der Waals surface area (Å²) in [7, 11) is 0. The minimum absolute atomic E-state index is 0.167. The number of hydrogen-bond acceptors (Lipinski definition) is 3. The first kappa shape index (κ1) is 14.9. The number of aromatic nitrogens is 1. The van der Waals surface area contributed by atoms with Gasteiger partial charge in [-0.1, -0.05) is 6.92 Å². The van der Waals surface area contributed by atoms with Gasteiger partial charge in [0, 0.05) is 36.5 Å². The topological polar surface area (TPSA) is 48.1 Å². The van der Waals surface area contributed by atoms with Crippen molar-refractivity contribution in [2.75, 3.05) is 18.9 Å². The lowest BCUT2D eigenvalue weighted by molar-refractivity contribution is 0.0465. The van der Waals surface area contributed by atoms with Crippen LogP contribution < -0.4 is 5.73 Å². The zero-order chi connectivity index (χ0) is 15.7. The fourth-order valence-electron chi connectivity index (χ4n) is 3.01. The van der Waals surface area contributed by atoms with Crippen LogP contribution in [-0.4, -0.2) is 18.2 Å². The molecule has 3 nitrogen and oxygen atoms in total. The summed E-state index contributed by atoms with van der Waals surface area (Å²) in [6, 6.07) is 5.00. The van der Waals surface area contributed by atoms with Crippen LogP contribution in [0.5, 0.6) is 0 Å². The van der Waals surface area contributed by atoms with Crippen molar-refractivity contribution in [3.8, 4) is 11.1 Å². The van der Waals surface area contributed by atoms with E-state index in [1.807, 2.05) is 0 Å². The average molecular weight is 304 g/mol. The van der Waals surface area contributed by atoms with E-state index in [1.165, 1.54) is 0 Å². The minimum atomic E-state index is -0.495. The van der Waals surface area contributed by atoms with Gasteiger partial charge >= 0.3 is 0 Å². The first-order valence-electron chi connectivity index (χ1n) is 7.35. The van der Waals surface area contributed by atoms with Crippen LogP contribution in [0, 0.1) is 17.6 Å². The number of rotatable bonds is 2. The van der Waals surface area contributed by atoms with Crippen LogP contribution in [0.2, 0.25) is 0 Å². The summed E-state index contributed by atoms with van der Waals surface area (Å²) in [6.45, 7) is 3.40. The number of ether oxygens (including phenoxy) is 1. The van der Waals surface area contributed by atoms with E-state index in [0.29, 0.717) is 24.5 Å². The van der Waals surface area contributed by atoms with Gasteiger partial charge in [0.15, 0.2) is 0 Å². The van der Waals surface area contributed by atoms with Crippen molar-refractivity contribution in [2.24, 2.45) is 5.92 Å². The summed E-state index contributed by atoms with van der Waals surface area (Å²) < 4.78 is 32.9. The summed E-state index contributed by atoms with van der Waals surface area (Å²) in [5, 5.41) is 0. The van der Waals surface area contributed by atoms with E-state index in [0.717, 1.165) is 30.3 Å². The van der Waals surface area contributed by atoms with Crippen molar-refractivity contribution < 1.29 is 13.5 Å². The van der Waals surface area contributed by atoms with E-state index in [1.54, 1.807) is 12.3 Å².